The van der Waals surface area contributed by atoms with Gasteiger partial charge in [0.15, 0.2) is 0 Å². The van der Waals surface area contributed by atoms with E-state index in [-0.39, 0.29) is 0 Å². The number of nitrogens with two attached hydrogens (primary N) is 1. The predicted octanol–water partition coefficient (Wildman–Crippen LogP) is 1.88. The van der Waals surface area contributed by atoms with Gasteiger partial charge >= 0.3 is 0 Å². The second kappa shape index (κ2) is 4.84. The number of hydrogen-bond donors (Lipinski definition) is 1. The number of likely N-dealkylation sites (tertiary alicyclic amines) is 1. The average Bonchev–Trinajstić information content (AvgIpc) is 2.50. The lowest BCUT2D eigenvalue weighted by molar-refractivity contribution is 0.412. The molecule has 78 valence electrons. The molecule has 1 fully saturated rings. The molecule has 0 aromatic carbocycles. The van der Waals surface area contributed by atoms with E-state index in [0.29, 0.717) is 11.7 Å². The molecule has 1 rings (SSSR count). The van der Waals surface area contributed by atoms with E-state index >= 15 is 0 Å². The van der Waals surface area contributed by atoms with Crippen LogP contribution in [0.1, 0.15) is 26.7 Å². The van der Waals surface area contributed by atoms with Gasteiger partial charge in [-0.25, -0.2) is 4.99 Å². The van der Waals surface area contributed by atoms with Crippen molar-refractivity contribution in [3.8, 4) is 0 Å². The molecular weight excluding hydrogens is 174 g/mol. The summed E-state index contributed by atoms with van der Waals surface area (Å²) in [4.78, 5) is 6.64. The Bertz CT molecular complexity index is 266. The quantitative estimate of drug-likeness (QED) is 0.413. The molecule has 1 saturated heterocycles. The molecule has 0 bridgehead atoms. The Balaban J connectivity index is 2.55. The van der Waals surface area contributed by atoms with E-state index in [1.54, 1.807) is 12.3 Å². The first-order chi connectivity index (χ1) is 6.61. The standard InChI is InChI=1S/C11H19N3/c1-9(12)6-7-13-11(3)14-8-4-5-10(14)2/h6-7,10H,1,4-5,8,12H2,2-3H3/b7-6-,13-11?. The SMILES string of the molecule is C=C(N)/C=C\N=C(C)N1CCCC1C. The third-order valence-corrected chi connectivity index (χ3v) is 2.52. The van der Waals surface area contributed by atoms with Crippen LogP contribution in [0.4, 0.5) is 0 Å². The van der Waals surface area contributed by atoms with E-state index < -0.39 is 0 Å². The van der Waals surface area contributed by atoms with Gasteiger partial charge in [0.2, 0.25) is 0 Å². The molecule has 1 atom stereocenters. The Morgan fingerprint density at radius 1 is 1.64 bits per heavy atom. The van der Waals surface area contributed by atoms with Gasteiger partial charge in [-0.3, -0.25) is 0 Å². The number of aliphatic imine (C=N–C) groups is 1. The normalized spacial score (nSPS) is 23.4. The summed E-state index contributed by atoms with van der Waals surface area (Å²) in [7, 11) is 0. The summed E-state index contributed by atoms with van der Waals surface area (Å²) in [6.07, 6.45) is 5.95. The first kappa shape index (κ1) is 10.8. The molecule has 3 heteroatoms. The lowest BCUT2D eigenvalue weighted by Gasteiger charge is -2.22. The van der Waals surface area contributed by atoms with E-state index in [9.17, 15) is 0 Å². The molecule has 0 amide bonds. The van der Waals surface area contributed by atoms with Gasteiger partial charge in [-0.1, -0.05) is 6.58 Å². The molecule has 1 aliphatic rings. The Morgan fingerprint density at radius 2 is 2.36 bits per heavy atom. The van der Waals surface area contributed by atoms with E-state index in [1.165, 1.54) is 12.8 Å². The van der Waals surface area contributed by atoms with Gasteiger partial charge in [-0.2, -0.15) is 0 Å². The molecule has 2 N–H and O–H groups in total. The summed E-state index contributed by atoms with van der Waals surface area (Å²) in [5.41, 5.74) is 5.93. The van der Waals surface area contributed by atoms with Crippen molar-refractivity contribution in [1.82, 2.24) is 4.90 Å². The summed E-state index contributed by atoms with van der Waals surface area (Å²) in [6.45, 7) is 8.96. The summed E-state index contributed by atoms with van der Waals surface area (Å²) < 4.78 is 0. The number of amidine groups is 1. The maximum atomic E-state index is 5.40. The van der Waals surface area contributed by atoms with Crippen molar-refractivity contribution in [1.29, 1.82) is 0 Å². The van der Waals surface area contributed by atoms with Crippen LogP contribution in [0.5, 0.6) is 0 Å². The van der Waals surface area contributed by atoms with E-state index in [4.69, 9.17) is 5.73 Å². The van der Waals surface area contributed by atoms with Gasteiger partial charge in [-0.05, 0) is 32.8 Å². The molecule has 0 aromatic rings. The maximum absolute atomic E-state index is 5.40. The molecule has 0 aromatic heterocycles. The van der Waals surface area contributed by atoms with E-state index in [1.807, 2.05) is 6.92 Å². The number of rotatable bonds is 2. The highest BCUT2D eigenvalue weighted by atomic mass is 15.2. The molecule has 3 nitrogen and oxygen atoms in total. The highest BCUT2D eigenvalue weighted by Crippen LogP contribution is 2.16. The number of allylic oxidation sites excluding steroid dienone is 1. The van der Waals surface area contributed by atoms with Crippen molar-refractivity contribution in [2.75, 3.05) is 6.54 Å². The van der Waals surface area contributed by atoms with Crippen molar-refractivity contribution < 1.29 is 0 Å². The maximum Gasteiger partial charge on any atom is 0.101 e. The van der Waals surface area contributed by atoms with Crippen molar-refractivity contribution >= 4 is 5.84 Å². The van der Waals surface area contributed by atoms with Crippen LogP contribution in [-0.2, 0) is 0 Å². The highest BCUT2D eigenvalue weighted by Gasteiger charge is 2.20. The number of hydrogen-bond acceptors (Lipinski definition) is 2. The molecule has 0 saturated carbocycles. The summed E-state index contributed by atoms with van der Waals surface area (Å²) >= 11 is 0. The minimum atomic E-state index is 0.538. The van der Waals surface area contributed by atoms with Crippen LogP contribution in [0.3, 0.4) is 0 Å². The highest BCUT2D eigenvalue weighted by molar-refractivity contribution is 5.80. The lowest BCUT2D eigenvalue weighted by Crippen LogP contribution is -2.31. The van der Waals surface area contributed by atoms with Gasteiger partial charge in [0.1, 0.15) is 5.84 Å². The van der Waals surface area contributed by atoms with Crippen LogP contribution >= 0.6 is 0 Å². The van der Waals surface area contributed by atoms with Crippen molar-refractivity contribution in [3.05, 3.63) is 24.6 Å². The van der Waals surface area contributed by atoms with Gasteiger partial charge in [-0.15, -0.1) is 0 Å². The fourth-order valence-corrected chi connectivity index (χ4v) is 1.73. The summed E-state index contributed by atoms with van der Waals surface area (Å²) in [5.74, 6) is 1.06. The van der Waals surface area contributed by atoms with Crippen molar-refractivity contribution in [3.63, 3.8) is 0 Å². The Labute approximate surface area is 86.0 Å². The Kier molecular flexibility index (Phi) is 3.74. The minimum absolute atomic E-state index is 0.538. The zero-order chi connectivity index (χ0) is 10.6. The third kappa shape index (κ3) is 2.91. The van der Waals surface area contributed by atoms with Gasteiger partial charge < -0.3 is 10.6 Å². The zero-order valence-electron chi connectivity index (χ0n) is 9.03. The average molecular weight is 193 g/mol. The molecule has 1 aliphatic heterocycles. The minimum Gasteiger partial charge on any atom is -0.399 e. The monoisotopic (exact) mass is 193 g/mol. The largest absolute Gasteiger partial charge is 0.399 e. The third-order valence-electron chi connectivity index (χ3n) is 2.52. The molecule has 1 heterocycles. The zero-order valence-corrected chi connectivity index (χ0v) is 9.03. The number of nitrogens with zero attached hydrogens (tertiary/aromatic N) is 2. The fourth-order valence-electron chi connectivity index (χ4n) is 1.73. The van der Waals surface area contributed by atoms with Crippen molar-refractivity contribution in [2.45, 2.75) is 32.7 Å². The van der Waals surface area contributed by atoms with Crippen LogP contribution in [0.2, 0.25) is 0 Å². The molecule has 1 unspecified atom stereocenters. The molecule has 14 heavy (non-hydrogen) atoms. The summed E-state index contributed by atoms with van der Waals surface area (Å²) in [5, 5.41) is 0. The smallest absolute Gasteiger partial charge is 0.101 e. The van der Waals surface area contributed by atoms with Crippen LogP contribution < -0.4 is 5.73 Å². The van der Waals surface area contributed by atoms with Gasteiger partial charge in [0.25, 0.3) is 0 Å². The lowest BCUT2D eigenvalue weighted by atomic mass is 10.2. The summed E-state index contributed by atoms with van der Waals surface area (Å²) in [6, 6.07) is 0.619. The van der Waals surface area contributed by atoms with Crippen molar-refractivity contribution in [2.24, 2.45) is 10.7 Å². The van der Waals surface area contributed by atoms with Gasteiger partial charge in [0, 0.05) is 24.5 Å². The molecule has 0 radical (unpaired) electrons. The topological polar surface area (TPSA) is 41.6 Å². The van der Waals surface area contributed by atoms with Crippen LogP contribution in [0.25, 0.3) is 0 Å². The molecule has 0 aliphatic carbocycles. The first-order valence-corrected chi connectivity index (χ1v) is 5.03. The second-order valence-electron chi connectivity index (χ2n) is 3.75. The Hall–Kier alpha value is -1.25. The van der Waals surface area contributed by atoms with Crippen LogP contribution in [0, 0.1) is 0 Å². The Morgan fingerprint density at radius 3 is 2.86 bits per heavy atom. The van der Waals surface area contributed by atoms with Crippen LogP contribution in [0.15, 0.2) is 29.5 Å². The van der Waals surface area contributed by atoms with E-state index in [2.05, 4.69) is 23.4 Å². The molecular formula is C11H19N3. The van der Waals surface area contributed by atoms with E-state index in [0.717, 1.165) is 12.4 Å². The van der Waals surface area contributed by atoms with Crippen LogP contribution in [-0.4, -0.2) is 23.3 Å². The predicted molar refractivity (Wildman–Crippen MR) is 61.0 cm³/mol. The van der Waals surface area contributed by atoms with Gasteiger partial charge in [0.05, 0.1) is 0 Å². The second-order valence-corrected chi connectivity index (χ2v) is 3.75. The first-order valence-electron chi connectivity index (χ1n) is 5.03. The fraction of sp³-hybridized carbons (Fsp3) is 0.545. The molecule has 0 spiro atoms.